The number of aromatic hydroxyl groups is 2. The predicted molar refractivity (Wildman–Crippen MR) is 94.7 cm³/mol. The van der Waals surface area contributed by atoms with Gasteiger partial charge in [0, 0.05) is 37.2 Å². The summed E-state index contributed by atoms with van der Waals surface area (Å²) in [7, 11) is 0. The summed E-state index contributed by atoms with van der Waals surface area (Å²) in [5.41, 5.74) is 2.46. The van der Waals surface area contributed by atoms with Crippen molar-refractivity contribution in [2.45, 2.75) is 31.8 Å². The molecule has 2 aliphatic rings. The summed E-state index contributed by atoms with van der Waals surface area (Å²) in [6.45, 7) is 1.78. The molecule has 7 heteroatoms. The van der Waals surface area contributed by atoms with Gasteiger partial charge in [-0.1, -0.05) is 16.8 Å². The van der Waals surface area contributed by atoms with Crippen LogP contribution in [0.3, 0.4) is 0 Å². The van der Waals surface area contributed by atoms with Crippen molar-refractivity contribution in [1.82, 2.24) is 10.1 Å². The third kappa shape index (κ3) is 2.87. The Morgan fingerprint density at radius 3 is 2.79 bits per heavy atom. The van der Waals surface area contributed by atoms with Crippen molar-refractivity contribution < 1.29 is 14.7 Å². The fourth-order valence-electron chi connectivity index (χ4n) is 3.54. The van der Waals surface area contributed by atoms with Crippen LogP contribution in [-0.2, 0) is 13.0 Å². The summed E-state index contributed by atoms with van der Waals surface area (Å²) in [5, 5.41) is 24.2. The minimum absolute atomic E-state index is 0.0537. The van der Waals surface area contributed by atoms with E-state index in [2.05, 4.69) is 10.1 Å². The summed E-state index contributed by atoms with van der Waals surface area (Å²) >= 11 is 8.03. The molecule has 0 aliphatic carbocycles. The summed E-state index contributed by atoms with van der Waals surface area (Å²) in [4.78, 5) is 2.50. The van der Waals surface area contributed by atoms with Crippen LogP contribution in [-0.4, -0.2) is 44.4 Å². The first kappa shape index (κ1) is 16.1. The van der Waals surface area contributed by atoms with Crippen LogP contribution in [0.1, 0.15) is 24.1 Å². The molecule has 2 N–H and O–H groups in total. The number of phenolic OH excluding ortho intramolecular Hbond substituents is 2. The summed E-state index contributed by atoms with van der Waals surface area (Å²) in [5.74, 6) is 2.80. The lowest BCUT2D eigenvalue weighted by atomic mass is 9.98. The van der Waals surface area contributed by atoms with Gasteiger partial charge in [0.25, 0.3) is 0 Å². The Bertz CT molecular complexity index is 759. The Morgan fingerprint density at radius 2 is 2.00 bits per heavy atom. The van der Waals surface area contributed by atoms with Gasteiger partial charge in [0.2, 0.25) is 0 Å². The number of hydrogen-bond donors (Lipinski definition) is 2. The van der Waals surface area contributed by atoms with Gasteiger partial charge in [-0.15, -0.1) is 0 Å². The quantitative estimate of drug-likeness (QED) is 0.845. The van der Waals surface area contributed by atoms with Crippen LogP contribution >= 0.6 is 23.4 Å². The maximum absolute atomic E-state index is 10.2. The molecular weight excluding hydrogens is 348 g/mol. The first-order valence-electron chi connectivity index (χ1n) is 8.14. The highest BCUT2D eigenvalue weighted by Crippen LogP contribution is 2.41. The smallest absolute Gasteiger partial charge is 0.175 e. The highest BCUT2D eigenvalue weighted by molar-refractivity contribution is 7.99. The Morgan fingerprint density at radius 1 is 1.21 bits per heavy atom. The molecule has 0 amide bonds. The van der Waals surface area contributed by atoms with E-state index in [-0.39, 0.29) is 16.5 Å². The van der Waals surface area contributed by atoms with Gasteiger partial charge in [0.1, 0.15) is 11.5 Å². The van der Waals surface area contributed by atoms with Crippen LogP contribution in [0.2, 0.25) is 5.02 Å². The average Bonchev–Trinajstić information content (AvgIpc) is 3.02. The van der Waals surface area contributed by atoms with Crippen molar-refractivity contribution >= 4 is 23.4 Å². The van der Waals surface area contributed by atoms with E-state index in [9.17, 15) is 10.2 Å². The SMILES string of the molecule is Oc1cc(O)c(-c2onc3c2CN(C2CCSCC2)CC3)cc1Cl. The molecule has 0 unspecified atom stereocenters. The molecule has 0 spiro atoms. The maximum atomic E-state index is 10.2. The van der Waals surface area contributed by atoms with Gasteiger partial charge in [-0.25, -0.2) is 0 Å². The number of hydrogen-bond acceptors (Lipinski definition) is 6. The zero-order valence-electron chi connectivity index (χ0n) is 13.2. The van der Waals surface area contributed by atoms with E-state index in [1.807, 2.05) is 11.8 Å². The van der Waals surface area contributed by atoms with Crippen molar-refractivity contribution in [2.24, 2.45) is 0 Å². The second kappa shape index (κ2) is 6.50. The van der Waals surface area contributed by atoms with E-state index < -0.39 is 0 Å². The van der Waals surface area contributed by atoms with Crippen molar-refractivity contribution in [2.75, 3.05) is 18.1 Å². The van der Waals surface area contributed by atoms with Crippen molar-refractivity contribution in [1.29, 1.82) is 0 Å². The molecule has 0 radical (unpaired) electrons. The van der Waals surface area contributed by atoms with Crippen LogP contribution in [0, 0.1) is 0 Å². The Balaban J connectivity index is 1.66. The molecule has 0 atom stereocenters. The number of fused-ring (bicyclic) bond motifs is 1. The van der Waals surface area contributed by atoms with E-state index >= 15 is 0 Å². The van der Waals surface area contributed by atoms with Gasteiger partial charge < -0.3 is 14.7 Å². The molecule has 5 nitrogen and oxygen atoms in total. The number of halogens is 1. The normalized spacial score (nSPS) is 19.4. The maximum Gasteiger partial charge on any atom is 0.175 e. The molecule has 1 aromatic carbocycles. The molecule has 0 saturated carbocycles. The zero-order chi connectivity index (χ0) is 16.7. The number of rotatable bonds is 2. The van der Waals surface area contributed by atoms with Gasteiger partial charge in [0.15, 0.2) is 5.76 Å². The molecule has 2 aliphatic heterocycles. The summed E-state index contributed by atoms with van der Waals surface area (Å²) < 4.78 is 5.53. The first-order valence-corrected chi connectivity index (χ1v) is 9.68. The average molecular weight is 367 g/mol. The van der Waals surface area contributed by atoms with E-state index in [1.54, 1.807) is 0 Å². The largest absolute Gasteiger partial charge is 0.507 e. The number of aromatic nitrogens is 1. The van der Waals surface area contributed by atoms with E-state index in [4.69, 9.17) is 16.1 Å². The molecule has 4 rings (SSSR count). The fourth-order valence-corrected chi connectivity index (χ4v) is 4.78. The third-order valence-corrected chi connectivity index (χ3v) is 6.24. The van der Waals surface area contributed by atoms with Gasteiger partial charge in [0.05, 0.1) is 16.3 Å². The number of benzene rings is 1. The molecule has 1 aromatic heterocycles. The first-order chi connectivity index (χ1) is 11.6. The van der Waals surface area contributed by atoms with Gasteiger partial charge >= 0.3 is 0 Å². The third-order valence-electron chi connectivity index (χ3n) is 4.88. The van der Waals surface area contributed by atoms with Crippen LogP contribution in [0.5, 0.6) is 11.5 Å². The van der Waals surface area contributed by atoms with Crippen molar-refractivity contribution in [3.63, 3.8) is 0 Å². The highest BCUT2D eigenvalue weighted by atomic mass is 35.5. The minimum atomic E-state index is -0.146. The lowest BCUT2D eigenvalue weighted by Gasteiger charge is -2.36. The second-order valence-electron chi connectivity index (χ2n) is 6.32. The minimum Gasteiger partial charge on any atom is -0.507 e. The van der Waals surface area contributed by atoms with E-state index in [0.29, 0.717) is 17.4 Å². The standard InChI is InChI=1S/C17H19ClN2O3S/c18-13-7-11(15(21)8-16(13)22)17-12-9-20(4-1-14(12)19-23-17)10-2-5-24-6-3-10/h7-8,10,21-22H,1-6,9H2. The van der Waals surface area contributed by atoms with Crippen LogP contribution in [0.25, 0.3) is 11.3 Å². The van der Waals surface area contributed by atoms with Gasteiger partial charge in [-0.05, 0) is 30.4 Å². The van der Waals surface area contributed by atoms with E-state index in [1.165, 1.54) is 36.5 Å². The van der Waals surface area contributed by atoms with Crippen molar-refractivity contribution in [3.05, 3.63) is 28.4 Å². The Hall–Kier alpha value is -1.37. The lowest BCUT2D eigenvalue weighted by molar-refractivity contribution is 0.168. The highest BCUT2D eigenvalue weighted by Gasteiger charge is 2.30. The number of thioether (sulfide) groups is 1. The van der Waals surface area contributed by atoms with Gasteiger partial charge in [-0.3, -0.25) is 4.90 Å². The predicted octanol–water partition coefficient (Wildman–Crippen LogP) is 3.66. The monoisotopic (exact) mass is 366 g/mol. The Labute approximate surface area is 149 Å². The van der Waals surface area contributed by atoms with Crippen molar-refractivity contribution in [3.8, 4) is 22.8 Å². The molecule has 1 saturated heterocycles. The van der Waals surface area contributed by atoms with E-state index in [0.717, 1.165) is 30.8 Å². The molecule has 128 valence electrons. The van der Waals surface area contributed by atoms with Crippen LogP contribution < -0.4 is 0 Å². The molecule has 24 heavy (non-hydrogen) atoms. The van der Waals surface area contributed by atoms with Gasteiger partial charge in [-0.2, -0.15) is 11.8 Å². The lowest BCUT2D eigenvalue weighted by Crippen LogP contribution is -2.41. The second-order valence-corrected chi connectivity index (χ2v) is 7.95. The molecule has 0 bridgehead atoms. The number of phenols is 2. The molecule has 2 aromatic rings. The topological polar surface area (TPSA) is 69.7 Å². The van der Waals surface area contributed by atoms with Crippen LogP contribution in [0.15, 0.2) is 16.7 Å². The number of nitrogens with zero attached hydrogens (tertiary/aromatic N) is 2. The zero-order valence-corrected chi connectivity index (χ0v) is 14.7. The summed E-state index contributed by atoms with van der Waals surface area (Å²) in [6.07, 6.45) is 3.29. The molecule has 3 heterocycles. The molecule has 1 fully saturated rings. The Kier molecular flexibility index (Phi) is 4.37. The molecular formula is C17H19ClN2O3S. The van der Waals surface area contributed by atoms with Crippen LogP contribution in [0.4, 0.5) is 0 Å². The fraction of sp³-hybridized carbons (Fsp3) is 0.471. The summed E-state index contributed by atoms with van der Waals surface area (Å²) in [6, 6.07) is 3.38.